The van der Waals surface area contributed by atoms with Crippen LogP contribution < -0.4 is 19.5 Å². The van der Waals surface area contributed by atoms with E-state index in [0.717, 1.165) is 5.56 Å². The van der Waals surface area contributed by atoms with Gasteiger partial charge in [0.2, 0.25) is 5.91 Å². The van der Waals surface area contributed by atoms with Crippen molar-refractivity contribution in [1.29, 1.82) is 0 Å². The molecule has 3 aromatic rings. The zero-order valence-corrected chi connectivity index (χ0v) is 20.2. The van der Waals surface area contributed by atoms with Crippen molar-refractivity contribution in [2.45, 2.75) is 32.6 Å². The maximum Gasteiger partial charge on any atom is 0.262 e. The van der Waals surface area contributed by atoms with Crippen molar-refractivity contribution in [3.05, 3.63) is 59.5 Å². The number of anilines is 2. The number of ether oxygens (including phenoxy) is 2. The third-order valence-corrected chi connectivity index (χ3v) is 6.00. The van der Waals surface area contributed by atoms with E-state index < -0.39 is 10.0 Å². The average molecular weight is 486 g/mol. The fourth-order valence-corrected chi connectivity index (χ4v) is 4.15. The lowest BCUT2D eigenvalue weighted by atomic mass is 10.2. The van der Waals surface area contributed by atoms with Gasteiger partial charge in [-0.2, -0.15) is 0 Å². The minimum atomic E-state index is -3.87. The Morgan fingerprint density at radius 1 is 1.06 bits per heavy atom. The number of carbonyl (C=O) groups is 1. The van der Waals surface area contributed by atoms with Gasteiger partial charge in [0, 0.05) is 13.0 Å². The van der Waals surface area contributed by atoms with Crippen LogP contribution >= 0.6 is 0 Å². The number of rotatable bonds is 10. The van der Waals surface area contributed by atoms with Gasteiger partial charge >= 0.3 is 0 Å². The van der Waals surface area contributed by atoms with Crippen LogP contribution in [0.3, 0.4) is 0 Å². The highest BCUT2D eigenvalue weighted by Gasteiger charge is 2.18. The first kappa shape index (κ1) is 24.8. The number of amides is 1. The molecule has 0 spiro atoms. The van der Waals surface area contributed by atoms with Gasteiger partial charge < -0.3 is 19.3 Å². The van der Waals surface area contributed by atoms with Gasteiger partial charge in [-0.3, -0.25) is 9.52 Å². The van der Waals surface area contributed by atoms with E-state index in [1.54, 1.807) is 49.4 Å². The van der Waals surface area contributed by atoms with Crippen LogP contribution in [0.4, 0.5) is 11.4 Å². The number of sulfonamides is 1. The van der Waals surface area contributed by atoms with E-state index in [0.29, 0.717) is 47.5 Å². The van der Waals surface area contributed by atoms with Crippen LogP contribution in [0.15, 0.2) is 51.9 Å². The van der Waals surface area contributed by atoms with E-state index in [1.807, 2.05) is 13.8 Å². The number of carbonyl (C=O) groups excluding carboxylic acids is 1. The minimum Gasteiger partial charge on any atom is -0.494 e. The zero-order valence-electron chi connectivity index (χ0n) is 19.4. The number of hydrogen-bond acceptors (Lipinski definition) is 7. The van der Waals surface area contributed by atoms with E-state index in [4.69, 9.17) is 14.0 Å². The molecule has 34 heavy (non-hydrogen) atoms. The van der Waals surface area contributed by atoms with Crippen molar-refractivity contribution < 1.29 is 27.2 Å². The quantitative estimate of drug-likeness (QED) is 0.427. The van der Waals surface area contributed by atoms with Crippen LogP contribution in [-0.4, -0.2) is 32.7 Å². The van der Waals surface area contributed by atoms with E-state index in [9.17, 15) is 13.2 Å². The molecule has 0 atom stereocenters. The summed E-state index contributed by atoms with van der Waals surface area (Å²) >= 11 is 0. The van der Waals surface area contributed by atoms with E-state index in [-0.39, 0.29) is 10.8 Å². The number of benzene rings is 2. The lowest BCUT2D eigenvalue weighted by molar-refractivity contribution is -0.114. The molecule has 1 amide bonds. The third kappa shape index (κ3) is 6.16. The monoisotopic (exact) mass is 485 g/mol. The Kier molecular flexibility index (Phi) is 7.95. The molecule has 1 aromatic heterocycles. The molecule has 0 saturated carbocycles. The zero-order chi connectivity index (χ0) is 24.7. The topological polar surface area (TPSA) is 120 Å². The molecule has 0 aliphatic rings. The molecule has 0 radical (unpaired) electrons. The number of nitrogens with zero attached hydrogens (tertiary/aromatic N) is 1. The van der Waals surface area contributed by atoms with E-state index in [1.165, 1.54) is 19.1 Å². The van der Waals surface area contributed by atoms with Crippen molar-refractivity contribution in [3.8, 4) is 11.5 Å². The first-order valence-corrected chi connectivity index (χ1v) is 12.2. The predicted octanol–water partition coefficient (Wildman–Crippen LogP) is 4.71. The van der Waals surface area contributed by atoms with Crippen molar-refractivity contribution in [3.63, 3.8) is 0 Å². The van der Waals surface area contributed by atoms with Crippen molar-refractivity contribution in [1.82, 2.24) is 5.16 Å². The fourth-order valence-electron chi connectivity index (χ4n) is 3.09. The van der Waals surface area contributed by atoms with Crippen LogP contribution in [0.5, 0.6) is 11.5 Å². The van der Waals surface area contributed by atoms with E-state index in [2.05, 4.69) is 15.2 Å². The van der Waals surface area contributed by atoms with Crippen LogP contribution in [0.1, 0.15) is 37.8 Å². The second kappa shape index (κ2) is 10.9. The summed E-state index contributed by atoms with van der Waals surface area (Å²) < 4.78 is 44.8. The Hall–Kier alpha value is -3.79. The molecular weight excluding hydrogens is 458 g/mol. The Bertz CT molecular complexity index is 1280. The summed E-state index contributed by atoms with van der Waals surface area (Å²) in [7, 11) is -3.87. The normalized spacial score (nSPS) is 11.4. The molecule has 0 saturated heterocycles. The van der Waals surface area contributed by atoms with Crippen LogP contribution in [0.25, 0.3) is 12.2 Å². The maximum absolute atomic E-state index is 13.0. The van der Waals surface area contributed by atoms with Gasteiger partial charge in [-0.15, -0.1) is 0 Å². The SMILES string of the molecule is CCOc1ccc(OCC)c(NS(=O)(=O)c2ccc(/C=C\c3onc(C)c3NC(C)=O)cc2)c1. The molecule has 0 bridgehead atoms. The molecule has 180 valence electrons. The van der Waals surface area contributed by atoms with Crippen molar-refractivity contribution in [2.75, 3.05) is 23.3 Å². The smallest absolute Gasteiger partial charge is 0.262 e. The minimum absolute atomic E-state index is 0.0864. The van der Waals surface area contributed by atoms with Gasteiger partial charge in [-0.25, -0.2) is 8.42 Å². The molecule has 1 heterocycles. The lowest BCUT2D eigenvalue weighted by Crippen LogP contribution is -2.14. The van der Waals surface area contributed by atoms with Gasteiger partial charge in [0.25, 0.3) is 10.0 Å². The largest absolute Gasteiger partial charge is 0.494 e. The Morgan fingerprint density at radius 3 is 2.41 bits per heavy atom. The fraction of sp³-hybridized carbons (Fsp3) is 0.250. The third-order valence-electron chi connectivity index (χ3n) is 4.61. The summed E-state index contributed by atoms with van der Waals surface area (Å²) in [6, 6.07) is 11.3. The number of aromatic nitrogens is 1. The van der Waals surface area contributed by atoms with Gasteiger partial charge in [-0.05, 0) is 56.7 Å². The molecule has 2 N–H and O–H groups in total. The highest BCUT2D eigenvalue weighted by molar-refractivity contribution is 7.92. The van der Waals surface area contributed by atoms with Crippen LogP contribution in [-0.2, 0) is 14.8 Å². The number of nitrogens with one attached hydrogen (secondary N) is 2. The summed E-state index contributed by atoms with van der Waals surface area (Å²) in [6.07, 6.45) is 3.38. The summed E-state index contributed by atoms with van der Waals surface area (Å²) in [5, 5.41) is 6.54. The maximum atomic E-state index is 13.0. The standard InChI is InChI=1S/C24H27N3O6S/c1-5-31-19-10-14-22(32-6-2)21(15-19)27-34(29,30)20-11-7-18(8-12-20)9-13-23-24(25-17(4)28)16(3)26-33-23/h7-15,27H,5-6H2,1-4H3,(H,25,28)/b13-9-. The van der Waals surface area contributed by atoms with Gasteiger partial charge in [0.05, 0.1) is 23.8 Å². The van der Waals surface area contributed by atoms with Gasteiger partial charge in [-0.1, -0.05) is 23.4 Å². The second-order valence-electron chi connectivity index (χ2n) is 7.22. The van der Waals surface area contributed by atoms with E-state index >= 15 is 0 Å². The highest BCUT2D eigenvalue weighted by atomic mass is 32.2. The first-order valence-electron chi connectivity index (χ1n) is 10.7. The molecule has 0 aliphatic carbocycles. The predicted molar refractivity (Wildman–Crippen MR) is 131 cm³/mol. The van der Waals surface area contributed by atoms with Gasteiger partial charge in [0.1, 0.15) is 22.9 Å². The molecule has 2 aromatic carbocycles. The first-order chi connectivity index (χ1) is 16.2. The Labute approximate surface area is 198 Å². The molecule has 0 unspecified atom stereocenters. The molecule has 10 heteroatoms. The Balaban J connectivity index is 1.80. The van der Waals surface area contributed by atoms with Crippen LogP contribution in [0, 0.1) is 6.92 Å². The molecule has 0 fully saturated rings. The summed E-state index contributed by atoms with van der Waals surface area (Å²) in [4.78, 5) is 11.5. The van der Waals surface area contributed by atoms with Crippen molar-refractivity contribution >= 4 is 39.5 Å². The Morgan fingerprint density at radius 2 is 1.76 bits per heavy atom. The average Bonchev–Trinajstić information content (AvgIpc) is 3.13. The summed E-state index contributed by atoms with van der Waals surface area (Å²) in [5.41, 5.74) is 2.08. The van der Waals surface area contributed by atoms with Crippen LogP contribution in [0.2, 0.25) is 0 Å². The molecule has 3 rings (SSSR count). The van der Waals surface area contributed by atoms with Gasteiger partial charge in [0.15, 0.2) is 5.76 Å². The second-order valence-corrected chi connectivity index (χ2v) is 8.90. The lowest BCUT2D eigenvalue weighted by Gasteiger charge is -2.14. The van der Waals surface area contributed by atoms with Crippen molar-refractivity contribution in [2.24, 2.45) is 0 Å². The highest BCUT2D eigenvalue weighted by Crippen LogP contribution is 2.31. The molecular formula is C24H27N3O6S. The number of aryl methyl sites for hydroxylation is 1. The molecule has 9 nitrogen and oxygen atoms in total. The summed E-state index contributed by atoms with van der Waals surface area (Å²) in [5.74, 6) is 1.10. The summed E-state index contributed by atoms with van der Waals surface area (Å²) in [6.45, 7) is 7.63. The molecule has 0 aliphatic heterocycles. The number of hydrogen-bond donors (Lipinski definition) is 2.